The Morgan fingerprint density at radius 1 is 1.30 bits per heavy atom. The molecule has 0 aliphatic rings. The fourth-order valence-corrected chi connectivity index (χ4v) is 1.86. The number of aliphatic carboxylic acids is 1. The number of carbonyl (C=O) groups is 2. The third-order valence-corrected chi connectivity index (χ3v) is 2.92. The van der Waals surface area contributed by atoms with Gasteiger partial charge in [0.05, 0.1) is 0 Å². The molecule has 1 rings (SSSR count). The molecule has 0 saturated carbocycles. The van der Waals surface area contributed by atoms with Crippen molar-refractivity contribution < 1.29 is 19.4 Å². The van der Waals surface area contributed by atoms with Crippen LogP contribution in [0, 0.1) is 0 Å². The molecule has 0 saturated heterocycles. The summed E-state index contributed by atoms with van der Waals surface area (Å²) in [5, 5.41) is 11.4. The van der Waals surface area contributed by atoms with E-state index in [0.29, 0.717) is 18.6 Å². The van der Waals surface area contributed by atoms with Crippen molar-refractivity contribution in [2.24, 2.45) is 0 Å². The van der Waals surface area contributed by atoms with E-state index < -0.39 is 17.9 Å². The SMILES string of the molecule is CCCC(NC(=O)COc1ccccc1CC)C(=O)O. The van der Waals surface area contributed by atoms with E-state index in [4.69, 9.17) is 9.84 Å². The fraction of sp³-hybridized carbons (Fsp3) is 0.467. The number of hydrogen-bond acceptors (Lipinski definition) is 3. The second kappa shape index (κ2) is 8.19. The van der Waals surface area contributed by atoms with Crippen LogP contribution < -0.4 is 10.1 Å². The van der Waals surface area contributed by atoms with Gasteiger partial charge in [-0.05, 0) is 24.5 Å². The molecule has 1 unspecified atom stereocenters. The highest BCUT2D eigenvalue weighted by Gasteiger charge is 2.18. The normalized spacial score (nSPS) is 11.7. The van der Waals surface area contributed by atoms with Crippen molar-refractivity contribution in [2.45, 2.75) is 39.2 Å². The zero-order valence-electron chi connectivity index (χ0n) is 11.9. The van der Waals surface area contributed by atoms with E-state index in [1.807, 2.05) is 32.0 Å². The number of aryl methyl sites for hydroxylation is 1. The first kappa shape index (κ1) is 16.0. The summed E-state index contributed by atoms with van der Waals surface area (Å²) in [7, 11) is 0. The minimum atomic E-state index is -1.02. The molecule has 1 atom stereocenters. The van der Waals surface area contributed by atoms with Gasteiger partial charge in [-0.25, -0.2) is 4.79 Å². The van der Waals surface area contributed by atoms with Crippen LogP contribution in [0.25, 0.3) is 0 Å². The third-order valence-electron chi connectivity index (χ3n) is 2.92. The first-order valence-electron chi connectivity index (χ1n) is 6.81. The maximum absolute atomic E-state index is 11.7. The highest BCUT2D eigenvalue weighted by Crippen LogP contribution is 2.17. The highest BCUT2D eigenvalue weighted by molar-refractivity contribution is 5.84. The van der Waals surface area contributed by atoms with Crippen molar-refractivity contribution in [1.29, 1.82) is 0 Å². The van der Waals surface area contributed by atoms with Crippen LogP contribution in [0.2, 0.25) is 0 Å². The van der Waals surface area contributed by atoms with Crippen LogP contribution in [-0.2, 0) is 16.0 Å². The molecule has 110 valence electrons. The van der Waals surface area contributed by atoms with Gasteiger partial charge in [-0.2, -0.15) is 0 Å². The number of carboxylic acids is 1. The summed E-state index contributed by atoms with van der Waals surface area (Å²) in [6, 6.07) is 6.63. The second-order valence-electron chi connectivity index (χ2n) is 4.50. The lowest BCUT2D eigenvalue weighted by Crippen LogP contribution is -2.42. The van der Waals surface area contributed by atoms with Gasteiger partial charge in [0.25, 0.3) is 5.91 Å². The summed E-state index contributed by atoms with van der Waals surface area (Å²) in [6.45, 7) is 3.70. The smallest absolute Gasteiger partial charge is 0.326 e. The molecular formula is C15H21NO4. The predicted molar refractivity (Wildman–Crippen MR) is 75.8 cm³/mol. The van der Waals surface area contributed by atoms with Gasteiger partial charge < -0.3 is 15.2 Å². The molecule has 1 aromatic carbocycles. The molecule has 0 fully saturated rings. The molecule has 2 N–H and O–H groups in total. The Labute approximate surface area is 118 Å². The van der Waals surface area contributed by atoms with E-state index in [1.54, 1.807) is 6.07 Å². The molecule has 0 aliphatic carbocycles. The summed E-state index contributed by atoms with van der Waals surface area (Å²) in [5.41, 5.74) is 1.02. The Kier molecular flexibility index (Phi) is 6.56. The number of ether oxygens (including phenoxy) is 1. The predicted octanol–water partition coefficient (Wildman–Crippen LogP) is 2.00. The zero-order valence-corrected chi connectivity index (χ0v) is 11.9. The van der Waals surface area contributed by atoms with Gasteiger partial charge in [-0.15, -0.1) is 0 Å². The zero-order chi connectivity index (χ0) is 15.0. The molecule has 0 heterocycles. The van der Waals surface area contributed by atoms with Crippen LogP contribution in [-0.4, -0.2) is 29.6 Å². The van der Waals surface area contributed by atoms with Crippen molar-refractivity contribution in [3.8, 4) is 5.75 Å². The second-order valence-corrected chi connectivity index (χ2v) is 4.50. The summed E-state index contributed by atoms with van der Waals surface area (Å²) in [5.74, 6) is -0.779. The Bertz CT molecular complexity index is 459. The van der Waals surface area contributed by atoms with Crippen LogP contribution in [0.4, 0.5) is 0 Å². The fourth-order valence-electron chi connectivity index (χ4n) is 1.86. The lowest BCUT2D eigenvalue weighted by Gasteiger charge is -2.14. The van der Waals surface area contributed by atoms with Gasteiger partial charge in [0.1, 0.15) is 11.8 Å². The minimum Gasteiger partial charge on any atom is -0.483 e. The van der Waals surface area contributed by atoms with E-state index in [-0.39, 0.29) is 6.61 Å². The number of hydrogen-bond donors (Lipinski definition) is 2. The van der Waals surface area contributed by atoms with Crippen LogP contribution >= 0.6 is 0 Å². The molecule has 0 bridgehead atoms. The number of carbonyl (C=O) groups excluding carboxylic acids is 1. The Balaban J connectivity index is 2.52. The van der Waals surface area contributed by atoms with Crippen LogP contribution in [0.15, 0.2) is 24.3 Å². The number of carboxylic acid groups (broad SMARTS) is 1. The Morgan fingerprint density at radius 3 is 2.60 bits per heavy atom. The number of para-hydroxylation sites is 1. The summed E-state index contributed by atoms with van der Waals surface area (Å²) in [6.07, 6.45) is 1.91. The van der Waals surface area contributed by atoms with Gasteiger partial charge in [-0.1, -0.05) is 38.5 Å². The molecule has 1 amide bonds. The van der Waals surface area contributed by atoms with Crippen LogP contribution in [0.3, 0.4) is 0 Å². The number of rotatable bonds is 8. The molecule has 5 heteroatoms. The van der Waals surface area contributed by atoms with Gasteiger partial charge in [0.15, 0.2) is 6.61 Å². The van der Waals surface area contributed by atoms with E-state index in [9.17, 15) is 9.59 Å². The molecular weight excluding hydrogens is 258 g/mol. The summed E-state index contributed by atoms with van der Waals surface area (Å²) < 4.78 is 5.44. The van der Waals surface area contributed by atoms with Crippen molar-refractivity contribution in [3.63, 3.8) is 0 Å². The third kappa shape index (κ3) is 4.91. The lowest BCUT2D eigenvalue weighted by atomic mass is 10.1. The van der Waals surface area contributed by atoms with Gasteiger partial charge in [0, 0.05) is 0 Å². The van der Waals surface area contributed by atoms with Crippen molar-refractivity contribution in [3.05, 3.63) is 29.8 Å². The van der Waals surface area contributed by atoms with Crippen molar-refractivity contribution >= 4 is 11.9 Å². The largest absolute Gasteiger partial charge is 0.483 e. The maximum atomic E-state index is 11.7. The minimum absolute atomic E-state index is 0.176. The maximum Gasteiger partial charge on any atom is 0.326 e. The average Bonchev–Trinajstić information content (AvgIpc) is 2.44. The van der Waals surface area contributed by atoms with Crippen LogP contribution in [0.1, 0.15) is 32.3 Å². The standard InChI is InChI=1S/C15H21NO4/c1-3-7-12(15(18)19)16-14(17)10-20-13-9-6-5-8-11(13)4-2/h5-6,8-9,12H,3-4,7,10H2,1-2H3,(H,16,17)(H,18,19). The van der Waals surface area contributed by atoms with Crippen molar-refractivity contribution in [2.75, 3.05) is 6.61 Å². The van der Waals surface area contributed by atoms with Gasteiger partial charge >= 0.3 is 5.97 Å². The number of benzene rings is 1. The van der Waals surface area contributed by atoms with Gasteiger partial charge in [-0.3, -0.25) is 4.79 Å². The van der Waals surface area contributed by atoms with Crippen LogP contribution in [0.5, 0.6) is 5.75 Å². The van der Waals surface area contributed by atoms with E-state index in [0.717, 1.165) is 12.0 Å². The topological polar surface area (TPSA) is 75.6 Å². The lowest BCUT2D eigenvalue weighted by molar-refractivity contribution is -0.142. The van der Waals surface area contributed by atoms with Gasteiger partial charge in [0.2, 0.25) is 0 Å². The quantitative estimate of drug-likeness (QED) is 0.763. The highest BCUT2D eigenvalue weighted by atomic mass is 16.5. The van der Waals surface area contributed by atoms with E-state index >= 15 is 0 Å². The number of nitrogens with one attached hydrogen (secondary N) is 1. The van der Waals surface area contributed by atoms with E-state index in [1.165, 1.54) is 0 Å². The molecule has 0 aliphatic heterocycles. The monoisotopic (exact) mass is 279 g/mol. The molecule has 0 radical (unpaired) electrons. The molecule has 5 nitrogen and oxygen atoms in total. The van der Waals surface area contributed by atoms with Crippen molar-refractivity contribution in [1.82, 2.24) is 5.32 Å². The first-order chi connectivity index (χ1) is 9.58. The first-order valence-corrected chi connectivity index (χ1v) is 6.81. The Morgan fingerprint density at radius 2 is 2.00 bits per heavy atom. The Hall–Kier alpha value is -2.04. The number of amides is 1. The summed E-state index contributed by atoms with van der Waals surface area (Å²) in [4.78, 5) is 22.7. The van der Waals surface area contributed by atoms with E-state index in [2.05, 4.69) is 5.32 Å². The summed E-state index contributed by atoms with van der Waals surface area (Å²) >= 11 is 0. The molecule has 0 spiro atoms. The molecule has 1 aromatic rings. The molecule has 0 aromatic heterocycles. The average molecular weight is 279 g/mol. The molecule has 20 heavy (non-hydrogen) atoms.